The van der Waals surface area contributed by atoms with Crippen molar-refractivity contribution in [1.29, 1.82) is 0 Å². The van der Waals surface area contributed by atoms with E-state index in [2.05, 4.69) is 9.88 Å². The van der Waals surface area contributed by atoms with E-state index in [1.165, 1.54) is 5.01 Å². The van der Waals surface area contributed by atoms with Gasteiger partial charge in [0.05, 0.1) is 24.4 Å². The van der Waals surface area contributed by atoms with Gasteiger partial charge in [-0.15, -0.1) is 0 Å². The van der Waals surface area contributed by atoms with E-state index in [-0.39, 0.29) is 5.43 Å². The summed E-state index contributed by atoms with van der Waals surface area (Å²) in [6.07, 6.45) is 2.58. The SMILES string of the molecule is N/C(=C\N(N)Cc1cccc(N)c1)c1cccc2c(=O)cc(N3CCCOCC3)[nH]c12. The van der Waals surface area contributed by atoms with Crippen LogP contribution >= 0.6 is 0 Å². The zero-order chi connectivity index (χ0) is 21.8. The highest BCUT2D eigenvalue weighted by molar-refractivity contribution is 5.91. The van der Waals surface area contributed by atoms with Gasteiger partial charge in [-0.3, -0.25) is 4.79 Å². The third kappa shape index (κ3) is 4.82. The van der Waals surface area contributed by atoms with Crippen LogP contribution in [-0.4, -0.2) is 36.3 Å². The van der Waals surface area contributed by atoms with Crippen LogP contribution in [0.1, 0.15) is 17.5 Å². The number of H-pyrrole nitrogens is 1. The number of ether oxygens (including phenoxy) is 1. The molecule has 0 atom stereocenters. The minimum atomic E-state index is -0.0482. The first-order valence-electron chi connectivity index (χ1n) is 10.3. The van der Waals surface area contributed by atoms with Crippen LogP contribution in [0.3, 0.4) is 0 Å². The Labute approximate surface area is 180 Å². The molecule has 0 spiro atoms. The van der Waals surface area contributed by atoms with E-state index in [1.54, 1.807) is 18.3 Å². The Morgan fingerprint density at radius 2 is 2.00 bits per heavy atom. The molecule has 0 aliphatic carbocycles. The second kappa shape index (κ2) is 9.11. The minimum absolute atomic E-state index is 0.0482. The highest BCUT2D eigenvalue weighted by Gasteiger charge is 2.15. The van der Waals surface area contributed by atoms with Crippen LogP contribution in [0.2, 0.25) is 0 Å². The van der Waals surface area contributed by atoms with Gasteiger partial charge in [0.1, 0.15) is 5.82 Å². The molecular formula is C23H28N6O2. The van der Waals surface area contributed by atoms with E-state index in [0.29, 0.717) is 35.4 Å². The van der Waals surface area contributed by atoms with Crippen LogP contribution < -0.4 is 27.6 Å². The van der Waals surface area contributed by atoms with Crippen molar-refractivity contribution in [3.05, 3.63) is 76.1 Å². The molecule has 0 radical (unpaired) electrons. The van der Waals surface area contributed by atoms with Crippen molar-refractivity contribution in [2.24, 2.45) is 11.6 Å². The first-order chi connectivity index (χ1) is 15.0. The Morgan fingerprint density at radius 3 is 2.84 bits per heavy atom. The van der Waals surface area contributed by atoms with Gasteiger partial charge in [-0.1, -0.05) is 24.3 Å². The minimum Gasteiger partial charge on any atom is -0.399 e. The lowest BCUT2D eigenvalue weighted by atomic mass is 10.1. The Bertz CT molecular complexity index is 1150. The molecule has 0 unspecified atom stereocenters. The molecule has 4 rings (SSSR count). The third-order valence-corrected chi connectivity index (χ3v) is 5.35. The number of nitrogens with one attached hydrogen (secondary N) is 1. The molecule has 162 valence electrons. The molecule has 8 heteroatoms. The van der Waals surface area contributed by atoms with Gasteiger partial charge in [-0.2, -0.15) is 0 Å². The number of rotatable bonds is 5. The molecule has 1 saturated heterocycles. The largest absolute Gasteiger partial charge is 0.399 e. The van der Waals surface area contributed by atoms with E-state index in [4.69, 9.17) is 22.0 Å². The third-order valence-electron chi connectivity index (χ3n) is 5.35. The van der Waals surface area contributed by atoms with Crippen molar-refractivity contribution >= 4 is 28.1 Å². The second-order valence-electron chi connectivity index (χ2n) is 7.70. The second-order valence-corrected chi connectivity index (χ2v) is 7.70. The number of hydrogen-bond acceptors (Lipinski definition) is 7. The molecule has 2 heterocycles. The van der Waals surface area contributed by atoms with Crippen molar-refractivity contribution in [3.63, 3.8) is 0 Å². The molecule has 2 aromatic carbocycles. The number of anilines is 2. The van der Waals surface area contributed by atoms with Crippen molar-refractivity contribution in [1.82, 2.24) is 9.99 Å². The zero-order valence-electron chi connectivity index (χ0n) is 17.4. The van der Waals surface area contributed by atoms with Crippen LogP contribution in [0.5, 0.6) is 0 Å². The maximum atomic E-state index is 12.8. The average Bonchev–Trinajstić information content (AvgIpc) is 3.03. The lowest BCUT2D eigenvalue weighted by molar-refractivity contribution is 0.152. The smallest absolute Gasteiger partial charge is 0.191 e. The summed E-state index contributed by atoms with van der Waals surface area (Å²) in [6, 6.07) is 14.7. The molecule has 0 amide bonds. The topological polar surface area (TPSA) is 127 Å². The van der Waals surface area contributed by atoms with Crippen LogP contribution in [0, 0.1) is 0 Å². The number of benzene rings is 2. The van der Waals surface area contributed by atoms with Crippen LogP contribution in [0.4, 0.5) is 11.5 Å². The normalized spacial score (nSPS) is 15.1. The number of aromatic nitrogens is 1. The van der Waals surface area contributed by atoms with Gasteiger partial charge in [0.2, 0.25) is 0 Å². The number of pyridine rings is 1. The summed E-state index contributed by atoms with van der Waals surface area (Å²) in [6.45, 7) is 3.37. The van der Waals surface area contributed by atoms with Gasteiger partial charge in [-0.05, 0) is 30.2 Å². The van der Waals surface area contributed by atoms with Gasteiger partial charge in [0, 0.05) is 48.6 Å². The van der Waals surface area contributed by atoms with Crippen molar-refractivity contribution in [2.75, 3.05) is 36.9 Å². The van der Waals surface area contributed by atoms with Crippen molar-refractivity contribution in [2.45, 2.75) is 13.0 Å². The molecule has 7 N–H and O–H groups in total. The van der Waals surface area contributed by atoms with E-state index >= 15 is 0 Å². The summed E-state index contributed by atoms with van der Waals surface area (Å²) in [5.74, 6) is 6.95. The molecule has 0 saturated carbocycles. The summed E-state index contributed by atoms with van der Waals surface area (Å²) in [5, 5.41) is 2.10. The van der Waals surface area contributed by atoms with Crippen molar-refractivity contribution < 1.29 is 4.74 Å². The Morgan fingerprint density at radius 1 is 1.16 bits per heavy atom. The van der Waals surface area contributed by atoms with Crippen LogP contribution in [0.25, 0.3) is 16.6 Å². The van der Waals surface area contributed by atoms with Gasteiger partial charge < -0.3 is 31.1 Å². The van der Waals surface area contributed by atoms with E-state index in [1.807, 2.05) is 36.4 Å². The Hall–Kier alpha value is -3.49. The van der Waals surface area contributed by atoms with Gasteiger partial charge >= 0.3 is 0 Å². The van der Waals surface area contributed by atoms with E-state index < -0.39 is 0 Å². The lowest BCUT2D eigenvalue weighted by Crippen LogP contribution is -2.28. The maximum Gasteiger partial charge on any atom is 0.191 e. The fourth-order valence-corrected chi connectivity index (χ4v) is 3.85. The van der Waals surface area contributed by atoms with Crippen LogP contribution in [0.15, 0.2) is 59.5 Å². The average molecular weight is 421 g/mol. The number of nitrogens with zero attached hydrogens (tertiary/aromatic N) is 2. The number of hydrazine groups is 1. The standard InChI is InChI=1S/C23H28N6O2/c24-17-5-1-4-16(12-17)14-29(26)15-20(25)18-6-2-7-19-21(30)13-22(27-23(18)19)28-8-3-10-31-11-9-28/h1-2,4-7,12-13,15H,3,8-11,14,24-26H2,(H,27,30)/b20-15-. The van der Waals surface area contributed by atoms with Gasteiger partial charge in [-0.25, -0.2) is 5.84 Å². The first kappa shape index (κ1) is 20.8. The lowest BCUT2D eigenvalue weighted by Gasteiger charge is -2.22. The zero-order valence-corrected chi connectivity index (χ0v) is 17.4. The quantitative estimate of drug-likeness (QED) is 0.282. The summed E-state index contributed by atoms with van der Waals surface area (Å²) < 4.78 is 5.54. The molecule has 1 aliphatic rings. The summed E-state index contributed by atoms with van der Waals surface area (Å²) in [4.78, 5) is 18.4. The molecule has 1 aromatic heterocycles. The summed E-state index contributed by atoms with van der Waals surface area (Å²) in [5.41, 5.74) is 15.7. The number of nitrogens with two attached hydrogens (primary N) is 3. The molecule has 1 fully saturated rings. The number of fused-ring (bicyclic) bond motifs is 1. The highest BCUT2D eigenvalue weighted by atomic mass is 16.5. The molecule has 8 nitrogen and oxygen atoms in total. The fraction of sp³-hybridized carbons (Fsp3) is 0.261. The number of para-hydroxylation sites is 1. The predicted molar refractivity (Wildman–Crippen MR) is 125 cm³/mol. The molecular weight excluding hydrogens is 392 g/mol. The van der Waals surface area contributed by atoms with Crippen molar-refractivity contribution in [3.8, 4) is 0 Å². The number of nitrogen functional groups attached to an aromatic ring is 1. The molecule has 3 aromatic rings. The Kier molecular flexibility index (Phi) is 6.11. The number of hydrogen-bond donors (Lipinski definition) is 4. The Balaban J connectivity index is 1.67. The fourth-order valence-electron chi connectivity index (χ4n) is 3.85. The predicted octanol–water partition coefficient (Wildman–Crippen LogP) is 1.97. The monoisotopic (exact) mass is 420 g/mol. The maximum absolute atomic E-state index is 12.8. The van der Waals surface area contributed by atoms with Gasteiger partial charge in [0.25, 0.3) is 0 Å². The molecule has 1 aliphatic heterocycles. The highest BCUT2D eigenvalue weighted by Crippen LogP contribution is 2.23. The molecule has 31 heavy (non-hydrogen) atoms. The first-order valence-corrected chi connectivity index (χ1v) is 10.3. The van der Waals surface area contributed by atoms with E-state index in [0.717, 1.165) is 43.1 Å². The van der Waals surface area contributed by atoms with E-state index in [9.17, 15) is 4.79 Å². The molecule has 0 bridgehead atoms. The van der Waals surface area contributed by atoms with Crippen LogP contribution in [-0.2, 0) is 11.3 Å². The summed E-state index contributed by atoms with van der Waals surface area (Å²) >= 11 is 0. The number of aromatic amines is 1. The van der Waals surface area contributed by atoms with Gasteiger partial charge in [0.15, 0.2) is 5.43 Å². The summed E-state index contributed by atoms with van der Waals surface area (Å²) in [7, 11) is 0.